The molecule has 0 radical (unpaired) electrons. The first-order valence-electron chi connectivity index (χ1n) is 16.9. The van der Waals surface area contributed by atoms with Crippen LogP contribution in [-0.2, 0) is 6.42 Å². The maximum Gasteiger partial charge on any atom is 0.319 e. The highest BCUT2D eigenvalue weighted by atomic mass is 19.1. The van der Waals surface area contributed by atoms with E-state index < -0.39 is 23.3 Å². The molecule has 1 aromatic heterocycles. The van der Waals surface area contributed by atoms with Crippen LogP contribution in [0.1, 0.15) is 50.7 Å². The van der Waals surface area contributed by atoms with Gasteiger partial charge in [-0.25, -0.2) is 13.2 Å². The van der Waals surface area contributed by atoms with E-state index in [2.05, 4.69) is 22.0 Å². The number of alkyl halides is 1. The van der Waals surface area contributed by atoms with E-state index in [4.69, 9.17) is 19.4 Å². The smallest absolute Gasteiger partial charge is 0.319 e. The largest absolute Gasteiger partial charge is 0.508 e. The second kappa shape index (κ2) is 11.4. The molecule has 4 aromatic rings. The number of fused-ring (bicyclic) bond motifs is 4. The summed E-state index contributed by atoms with van der Waals surface area (Å²) in [5.41, 5.74) is 1.56. The van der Waals surface area contributed by atoms with Crippen LogP contribution in [0.4, 0.5) is 19.0 Å². The van der Waals surface area contributed by atoms with Crippen molar-refractivity contribution < 1.29 is 27.8 Å². The number of aromatic hydroxyl groups is 1. The van der Waals surface area contributed by atoms with E-state index in [0.29, 0.717) is 70.1 Å². The SMILES string of the molecule is CCc1c(F)ccc2cc(O)cc(-c3c(F)c4c5c(nc(OC[C@@]67CCCN6C[C@H](F)C7)nc5c3C)N3CCN[C@@H](CC)[C@H]3CO4)c12. The number of phenols is 1. The number of hydrogen-bond donors (Lipinski definition) is 2. The first-order chi connectivity index (χ1) is 22.7. The Morgan fingerprint density at radius 3 is 2.81 bits per heavy atom. The van der Waals surface area contributed by atoms with Crippen LogP contribution in [0.5, 0.6) is 17.5 Å². The van der Waals surface area contributed by atoms with E-state index in [0.717, 1.165) is 32.4 Å². The first kappa shape index (κ1) is 30.5. The Bertz CT molecular complexity index is 1910. The van der Waals surface area contributed by atoms with Crippen molar-refractivity contribution in [1.82, 2.24) is 20.2 Å². The van der Waals surface area contributed by atoms with Gasteiger partial charge in [0.05, 0.1) is 22.5 Å². The normalized spacial score (nSPS) is 25.6. The Labute approximate surface area is 271 Å². The van der Waals surface area contributed by atoms with Crippen molar-refractivity contribution in [2.75, 3.05) is 44.3 Å². The number of aromatic nitrogens is 2. The van der Waals surface area contributed by atoms with Crippen LogP contribution in [-0.4, -0.2) is 83.2 Å². The molecule has 3 saturated heterocycles. The topological polar surface area (TPSA) is 83.0 Å². The first-order valence-corrected chi connectivity index (χ1v) is 16.9. The monoisotopic (exact) mass is 647 g/mol. The van der Waals surface area contributed by atoms with E-state index in [9.17, 15) is 9.50 Å². The minimum atomic E-state index is -0.892. The van der Waals surface area contributed by atoms with Crippen LogP contribution in [0, 0.1) is 18.6 Å². The lowest BCUT2D eigenvalue weighted by atomic mass is 9.89. The van der Waals surface area contributed by atoms with Gasteiger partial charge in [-0.05, 0) is 84.8 Å². The highest BCUT2D eigenvalue weighted by molar-refractivity contribution is 6.07. The van der Waals surface area contributed by atoms with Gasteiger partial charge in [-0.1, -0.05) is 19.9 Å². The maximum atomic E-state index is 17.2. The Balaban J connectivity index is 1.36. The second-order valence-corrected chi connectivity index (χ2v) is 13.6. The van der Waals surface area contributed by atoms with E-state index in [1.165, 1.54) is 12.1 Å². The number of piperazine rings is 1. The van der Waals surface area contributed by atoms with E-state index >= 15 is 8.78 Å². The summed E-state index contributed by atoms with van der Waals surface area (Å²) in [5.74, 6) is -0.468. The molecule has 3 aromatic carbocycles. The van der Waals surface area contributed by atoms with Gasteiger partial charge in [0.15, 0.2) is 11.6 Å². The fourth-order valence-electron chi connectivity index (χ4n) is 8.78. The van der Waals surface area contributed by atoms with Crippen LogP contribution >= 0.6 is 0 Å². The van der Waals surface area contributed by atoms with Crippen LogP contribution in [0.15, 0.2) is 24.3 Å². The van der Waals surface area contributed by atoms with Crippen LogP contribution in [0.3, 0.4) is 0 Å². The van der Waals surface area contributed by atoms with Gasteiger partial charge in [-0.3, -0.25) is 4.90 Å². The van der Waals surface area contributed by atoms with Crippen molar-refractivity contribution in [3.05, 3.63) is 47.0 Å². The number of nitrogens with zero attached hydrogens (tertiary/aromatic N) is 4. The molecule has 47 heavy (non-hydrogen) atoms. The summed E-state index contributed by atoms with van der Waals surface area (Å²) in [5, 5.41) is 16.0. The Morgan fingerprint density at radius 2 is 2.00 bits per heavy atom. The van der Waals surface area contributed by atoms with Gasteiger partial charge in [0.25, 0.3) is 0 Å². The van der Waals surface area contributed by atoms with Crippen molar-refractivity contribution in [2.24, 2.45) is 0 Å². The predicted molar refractivity (Wildman–Crippen MR) is 175 cm³/mol. The average molecular weight is 648 g/mol. The molecule has 0 amide bonds. The summed E-state index contributed by atoms with van der Waals surface area (Å²) in [6, 6.07) is 6.15. The van der Waals surface area contributed by atoms with Crippen LogP contribution in [0.25, 0.3) is 32.8 Å². The predicted octanol–water partition coefficient (Wildman–Crippen LogP) is 6.21. The number of anilines is 1. The highest BCUT2D eigenvalue weighted by Crippen LogP contribution is 2.48. The second-order valence-electron chi connectivity index (χ2n) is 13.6. The third-order valence-corrected chi connectivity index (χ3v) is 11.0. The highest BCUT2D eigenvalue weighted by Gasteiger charge is 2.49. The molecule has 8 nitrogen and oxygen atoms in total. The zero-order valence-corrected chi connectivity index (χ0v) is 27.0. The summed E-state index contributed by atoms with van der Waals surface area (Å²) in [7, 11) is 0. The minimum Gasteiger partial charge on any atom is -0.508 e. The molecule has 8 rings (SSSR count). The molecule has 5 heterocycles. The molecule has 4 aliphatic heterocycles. The molecule has 4 aliphatic rings. The van der Waals surface area contributed by atoms with Crippen molar-refractivity contribution in [1.29, 1.82) is 0 Å². The summed E-state index contributed by atoms with van der Waals surface area (Å²) in [4.78, 5) is 14.2. The number of halogens is 3. The van der Waals surface area contributed by atoms with Gasteiger partial charge >= 0.3 is 6.01 Å². The van der Waals surface area contributed by atoms with E-state index in [-0.39, 0.29) is 48.4 Å². The molecular formula is C36H40F3N5O3. The zero-order chi connectivity index (χ0) is 32.6. The van der Waals surface area contributed by atoms with Gasteiger partial charge in [-0.15, -0.1) is 0 Å². The molecule has 0 saturated carbocycles. The minimum absolute atomic E-state index is 0.0361. The van der Waals surface area contributed by atoms with Gasteiger partial charge in [0.2, 0.25) is 0 Å². The van der Waals surface area contributed by atoms with Crippen LogP contribution in [0.2, 0.25) is 0 Å². The third kappa shape index (κ3) is 4.71. The quantitative estimate of drug-likeness (QED) is 0.256. The Hall–Kier alpha value is -3.83. The van der Waals surface area contributed by atoms with Crippen molar-refractivity contribution >= 4 is 27.5 Å². The van der Waals surface area contributed by atoms with Crippen molar-refractivity contribution in [3.8, 4) is 28.6 Å². The molecule has 0 bridgehead atoms. The van der Waals surface area contributed by atoms with Gasteiger partial charge in [-0.2, -0.15) is 9.97 Å². The molecule has 2 N–H and O–H groups in total. The van der Waals surface area contributed by atoms with Crippen LogP contribution < -0.4 is 19.7 Å². The van der Waals surface area contributed by atoms with Crippen molar-refractivity contribution in [2.45, 2.75) is 76.7 Å². The number of benzene rings is 3. The molecule has 248 valence electrons. The van der Waals surface area contributed by atoms with Gasteiger partial charge < -0.3 is 24.8 Å². The number of hydrogen-bond acceptors (Lipinski definition) is 8. The van der Waals surface area contributed by atoms with E-state index in [1.54, 1.807) is 19.1 Å². The number of phenolic OH excluding ortho intramolecular Hbond substituents is 1. The Morgan fingerprint density at radius 1 is 1.15 bits per heavy atom. The van der Waals surface area contributed by atoms with Gasteiger partial charge in [0.1, 0.15) is 36.8 Å². The third-order valence-electron chi connectivity index (χ3n) is 11.0. The average Bonchev–Trinajstić information content (AvgIpc) is 3.52. The zero-order valence-electron chi connectivity index (χ0n) is 27.0. The maximum absolute atomic E-state index is 17.2. The molecule has 0 aliphatic carbocycles. The number of rotatable bonds is 6. The molecule has 11 heteroatoms. The number of aryl methyl sites for hydroxylation is 2. The Kier molecular flexibility index (Phi) is 7.40. The van der Waals surface area contributed by atoms with Gasteiger partial charge in [0, 0.05) is 37.7 Å². The standard InChI is InChI=1S/C36H40F3N5O3/c1-4-23-25(38)8-7-20-13-22(45)14-24(29(20)23)28-19(3)32-30-33(31(28)39)46-17-27-26(5-2)40-10-12-44(27)34(30)42-35(41-32)47-18-36-9-6-11-43(36)16-21(37)15-36/h7-8,13-14,21,26-27,40,45H,4-6,9-12,15-18H2,1-3H3/t21-,26+,27-,36+/m1/s1. The number of nitrogens with one attached hydrogen (secondary N) is 1. The summed E-state index contributed by atoms with van der Waals surface area (Å²) in [6.45, 7) is 8.84. The fraction of sp³-hybridized carbons (Fsp3) is 0.500. The fourth-order valence-corrected chi connectivity index (χ4v) is 8.78. The molecule has 3 fully saturated rings. The van der Waals surface area contributed by atoms with E-state index in [1.807, 2.05) is 6.92 Å². The van der Waals surface area contributed by atoms with Crippen molar-refractivity contribution in [3.63, 3.8) is 0 Å². The number of ether oxygens (including phenoxy) is 2. The molecule has 0 unspecified atom stereocenters. The lowest BCUT2D eigenvalue weighted by molar-refractivity contribution is 0.107. The summed E-state index contributed by atoms with van der Waals surface area (Å²) >= 11 is 0. The molecule has 4 atom stereocenters. The summed E-state index contributed by atoms with van der Waals surface area (Å²) < 4.78 is 59.7. The molecular weight excluding hydrogens is 607 g/mol. The lowest BCUT2D eigenvalue weighted by Crippen LogP contribution is -2.60. The summed E-state index contributed by atoms with van der Waals surface area (Å²) in [6.07, 6.45) is 2.58. The molecule has 0 spiro atoms. The lowest BCUT2D eigenvalue weighted by Gasteiger charge is -2.41.